The van der Waals surface area contributed by atoms with Gasteiger partial charge in [-0.1, -0.05) is 12.8 Å². The SMILES string of the molecule is NC1(C(=O)O)CCC(C(=O)NCC2CCCC2)CC1. The number of carboxylic acids is 1. The molecule has 5 nitrogen and oxygen atoms in total. The molecule has 2 fully saturated rings. The van der Waals surface area contributed by atoms with Crippen molar-refractivity contribution < 1.29 is 14.7 Å². The van der Waals surface area contributed by atoms with E-state index in [9.17, 15) is 9.59 Å². The molecule has 2 aliphatic carbocycles. The fraction of sp³-hybridized carbons (Fsp3) is 0.857. The third-order valence-electron chi connectivity index (χ3n) is 4.71. The fourth-order valence-electron chi connectivity index (χ4n) is 3.21. The first kappa shape index (κ1) is 14.3. The van der Waals surface area contributed by atoms with Gasteiger partial charge in [0.25, 0.3) is 0 Å². The molecule has 0 saturated heterocycles. The van der Waals surface area contributed by atoms with E-state index < -0.39 is 11.5 Å². The van der Waals surface area contributed by atoms with Crippen molar-refractivity contribution in [2.45, 2.75) is 56.9 Å². The van der Waals surface area contributed by atoms with Gasteiger partial charge in [-0.2, -0.15) is 0 Å². The number of nitrogens with one attached hydrogen (secondary N) is 1. The van der Waals surface area contributed by atoms with Crippen molar-refractivity contribution >= 4 is 11.9 Å². The van der Waals surface area contributed by atoms with Gasteiger partial charge in [-0.3, -0.25) is 9.59 Å². The van der Waals surface area contributed by atoms with Gasteiger partial charge in [-0.05, 0) is 44.4 Å². The Kier molecular flexibility index (Phi) is 4.45. The van der Waals surface area contributed by atoms with Crippen molar-refractivity contribution in [1.29, 1.82) is 0 Å². The first-order chi connectivity index (χ1) is 9.01. The molecule has 5 heteroatoms. The van der Waals surface area contributed by atoms with E-state index >= 15 is 0 Å². The van der Waals surface area contributed by atoms with Crippen LogP contribution in [0, 0.1) is 11.8 Å². The molecule has 19 heavy (non-hydrogen) atoms. The molecule has 2 saturated carbocycles. The summed E-state index contributed by atoms with van der Waals surface area (Å²) >= 11 is 0. The Morgan fingerprint density at radius 2 is 1.74 bits per heavy atom. The Morgan fingerprint density at radius 1 is 1.16 bits per heavy atom. The number of amides is 1. The van der Waals surface area contributed by atoms with Crippen LogP contribution in [0.4, 0.5) is 0 Å². The molecule has 108 valence electrons. The summed E-state index contributed by atoms with van der Waals surface area (Å²) in [7, 11) is 0. The van der Waals surface area contributed by atoms with Crippen molar-refractivity contribution in [1.82, 2.24) is 5.32 Å². The van der Waals surface area contributed by atoms with Crippen LogP contribution in [0.2, 0.25) is 0 Å². The molecule has 0 unspecified atom stereocenters. The van der Waals surface area contributed by atoms with Gasteiger partial charge in [-0.25, -0.2) is 0 Å². The maximum atomic E-state index is 12.0. The second kappa shape index (κ2) is 5.90. The molecule has 0 aliphatic heterocycles. The Morgan fingerprint density at radius 3 is 2.26 bits per heavy atom. The highest BCUT2D eigenvalue weighted by Crippen LogP contribution is 2.31. The van der Waals surface area contributed by atoms with Crippen molar-refractivity contribution in [2.24, 2.45) is 17.6 Å². The van der Waals surface area contributed by atoms with Crippen LogP contribution in [0.1, 0.15) is 51.4 Å². The molecule has 0 bridgehead atoms. The van der Waals surface area contributed by atoms with Crippen LogP contribution in [0.3, 0.4) is 0 Å². The number of aliphatic carboxylic acids is 1. The summed E-state index contributed by atoms with van der Waals surface area (Å²) in [5, 5.41) is 12.1. The lowest BCUT2D eigenvalue weighted by atomic mass is 9.77. The molecule has 1 amide bonds. The maximum absolute atomic E-state index is 12.0. The minimum Gasteiger partial charge on any atom is -0.480 e. The molecular formula is C14H24N2O3. The van der Waals surface area contributed by atoms with Crippen molar-refractivity contribution in [3.63, 3.8) is 0 Å². The number of carboxylic acid groups (broad SMARTS) is 1. The highest BCUT2D eigenvalue weighted by atomic mass is 16.4. The van der Waals surface area contributed by atoms with Gasteiger partial charge in [0.05, 0.1) is 0 Å². The normalized spacial score (nSPS) is 32.2. The molecule has 0 atom stereocenters. The minimum absolute atomic E-state index is 0.0579. The zero-order valence-corrected chi connectivity index (χ0v) is 11.4. The Labute approximate surface area is 113 Å². The Balaban J connectivity index is 1.74. The van der Waals surface area contributed by atoms with Crippen LogP contribution in [0.15, 0.2) is 0 Å². The summed E-state index contributed by atoms with van der Waals surface area (Å²) < 4.78 is 0. The lowest BCUT2D eigenvalue weighted by Crippen LogP contribution is -2.51. The van der Waals surface area contributed by atoms with E-state index in [0.717, 1.165) is 6.54 Å². The van der Waals surface area contributed by atoms with Gasteiger partial charge in [0.2, 0.25) is 5.91 Å². The van der Waals surface area contributed by atoms with Gasteiger partial charge in [-0.15, -0.1) is 0 Å². The third-order valence-corrected chi connectivity index (χ3v) is 4.71. The first-order valence-electron chi connectivity index (χ1n) is 7.31. The summed E-state index contributed by atoms with van der Waals surface area (Å²) in [5.74, 6) is -0.283. The molecule has 2 rings (SSSR count). The number of rotatable bonds is 4. The number of hydrogen-bond donors (Lipinski definition) is 3. The zero-order chi connectivity index (χ0) is 13.9. The van der Waals surface area contributed by atoms with Crippen molar-refractivity contribution in [3.8, 4) is 0 Å². The highest BCUT2D eigenvalue weighted by Gasteiger charge is 2.40. The summed E-state index contributed by atoms with van der Waals surface area (Å²) in [4.78, 5) is 23.1. The number of carbonyl (C=O) groups excluding carboxylic acids is 1. The number of hydrogen-bond acceptors (Lipinski definition) is 3. The zero-order valence-electron chi connectivity index (χ0n) is 11.4. The quantitative estimate of drug-likeness (QED) is 0.715. The van der Waals surface area contributed by atoms with Crippen LogP contribution in [0.25, 0.3) is 0 Å². The second-order valence-corrected chi connectivity index (χ2v) is 6.13. The summed E-state index contributed by atoms with van der Waals surface area (Å²) in [5.41, 5.74) is 4.68. The molecule has 0 aromatic carbocycles. The fourth-order valence-corrected chi connectivity index (χ4v) is 3.21. The lowest BCUT2D eigenvalue weighted by Gasteiger charge is -2.33. The van der Waals surface area contributed by atoms with Crippen molar-refractivity contribution in [2.75, 3.05) is 6.54 Å². The van der Waals surface area contributed by atoms with Crippen LogP contribution >= 0.6 is 0 Å². The predicted octanol–water partition coefficient (Wildman–Crippen LogP) is 1.27. The van der Waals surface area contributed by atoms with E-state index in [4.69, 9.17) is 10.8 Å². The van der Waals surface area contributed by atoms with E-state index in [1.54, 1.807) is 0 Å². The van der Waals surface area contributed by atoms with E-state index in [0.29, 0.717) is 31.6 Å². The molecule has 0 spiro atoms. The Bertz CT molecular complexity index is 343. The third kappa shape index (κ3) is 3.47. The molecule has 0 heterocycles. The van der Waals surface area contributed by atoms with Gasteiger partial charge in [0, 0.05) is 12.5 Å². The highest BCUT2D eigenvalue weighted by molar-refractivity contribution is 5.81. The summed E-state index contributed by atoms with van der Waals surface area (Å²) in [6.45, 7) is 0.780. The van der Waals surface area contributed by atoms with E-state index in [1.807, 2.05) is 0 Å². The molecule has 0 radical (unpaired) electrons. The smallest absolute Gasteiger partial charge is 0.323 e. The molecule has 0 aromatic rings. The van der Waals surface area contributed by atoms with Gasteiger partial charge in [0.15, 0.2) is 0 Å². The van der Waals surface area contributed by atoms with E-state index in [1.165, 1.54) is 25.7 Å². The van der Waals surface area contributed by atoms with Crippen LogP contribution in [-0.4, -0.2) is 29.1 Å². The van der Waals surface area contributed by atoms with E-state index in [2.05, 4.69) is 5.32 Å². The molecule has 2 aliphatic rings. The average Bonchev–Trinajstić information content (AvgIpc) is 2.90. The van der Waals surface area contributed by atoms with Gasteiger partial charge in [0.1, 0.15) is 5.54 Å². The minimum atomic E-state index is -1.12. The summed E-state index contributed by atoms with van der Waals surface area (Å²) in [6, 6.07) is 0. The average molecular weight is 268 g/mol. The second-order valence-electron chi connectivity index (χ2n) is 6.13. The maximum Gasteiger partial charge on any atom is 0.323 e. The molecule has 4 N–H and O–H groups in total. The first-order valence-corrected chi connectivity index (χ1v) is 7.31. The Hall–Kier alpha value is -1.10. The lowest BCUT2D eigenvalue weighted by molar-refractivity contribution is -0.146. The number of nitrogens with two attached hydrogens (primary N) is 1. The van der Waals surface area contributed by atoms with Crippen LogP contribution in [-0.2, 0) is 9.59 Å². The van der Waals surface area contributed by atoms with Gasteiger partial charge < -0.3 is 16.2 Å². The monoisotopic (exact) mass is 268 g/mol. The number of carbonyl (C=O) groups is 2. The van der Waals surface area contributed by atoms with E-state index in [-0.39, 0.29) is 11.8 Å². The largest absolute Gasteiger partial charge is 0.480 e. The van der Waals surface area contributed by atoms with Crippen molar-refractivity contribution in [3.05, 3.63) is 0 Å². The van der Waals surface area contributed by atoms with Crippen LogP contribution in [0.5, 0.6) is 0 Å². The predicted molar refractivity (Wildman–Crippen MR) is 71.5 cm³/mol. The van der Waals surface area contributed by atoms with Gasteiger partial charge >= 0.3 is 5.97 Å². The molecular weight excluding hydrogens is 244 g/mol. The molecule has 0 aromatic heterocycles. The summed E-state index contributed by atoms with van der Waals surface area (Å²) in [6.07, 6.45) is 6.94. The standard InChI is InChI=1S/C14H24N2O3/c15-14(13(18)19)7-5-11(6-8-14)12(17)16-9-10-3-1-2-4-10/h10-11H,1-9,15H2,(H,16,17)(H,18,19). The topological polar surface area (TPSA) is 92.4 Å². The van der Waals surface area contributed by atoms with Crippen LogP contribution < -0.4 is 11.1 Å².